The molecule has 0 rings (SSSR count). The monoisotopic (exact) mass is 434 g/mol. The molecule has 0 aromatic carbocycles. The Morgan fingerprint density at radius 2 is 0.750 bits per heavy atom. The minimum Gasteiger partial charge on any atom is -0.212 e. The summed E-state index contributed by atoms with van der Waals surface area (Å²) < 4.78 is 100. The Labute approximate surface area is 136 Å². The van der Waals surface area contributed by atoms with E-state index < -0.39 is 31.3 Å². The van der Waals surface area contributed by atoms with Crippen molar-refractivity contribution in [3.8, 4) is 0 Å². The van der Waals surface area contributed by atoms with Crippen LogP contribution in [0.15, 0.2) is 0 Å². The van der Waals surface area contributed by atoms with Gasteiger partial charge in [0.1, 0.15) is 0 Å². The summed E-state index contributed by atoms with van der Waals surface area (Å²) in [5.74, 6) is -12.3. The van der Waals surface area contributed by atoms with Crippen molar-refractivity contribution in [2.24, 2.45) is 0 Å². The molecule has 0 aliphatic heterocycles. The van der Waals surface area contributed by atoms with Crippen LogP contribution in [-0.4, -0.2) is 31.3 Å². The van der Waals surface area contributed by atoms with Gasteiger partial charge in [0.05, 0.1) is 0 Å². The summed E-state index contributed by atoms with van der Waals surface area (Å²) in [5.41, 5.74) is 0. The Hall–Kier alpha value is 1.18. The lowest BCUT2D eigenvalue weighted by atomic mass is 10.0. The number of rotatable bonds is 4. The average Bonchev–Trinajstić information content (AvgIpc) is 2.12. The molecule has 0 unspecified atom stereocenters. The van der Waals surface area contributed by atoms with E-state index in [4.69, 9.17) is 0 Å². The third kappa shape index (κ3) is 2.97. The molecule has 0 spiro atoms. The smallest absolute Gasteiger partial charge is 0.212 e. The lowest BCUT2D eigenvalue weighted by molar-refractivity contribution is -0.264. The second-order valence-electron chi connectivity index (χ2n) is 3.29. The van der Waals surface area contributed by atoms with Crippen molar-refractivity contribution in [1.29, 1.82) is 0 Å². The normalized spacial score (nSPS) is 21.3. The topological polar surface area (TPSA) is 0 Å². The molecule has 122 valence electrons. The third-order valence-corrected chi connectivity index (χ3v) is 3.91. The average molecular weight is 437 g/mol. The number of hydrogen-bond donors (Lipinski definition) is 0. The Bertz CT molecular complexity index is 333. The summed E-state index contributed by atoms with van der Waals surface area (Å²) in [6, 6.07) is 0. The Morgan fingerprint density at radius 1 is 0.450 bits per heavy atom. The minimum atomic E-state index is -6.47. The summed E-state index contributed by atoms with van der Waals surface area (Å²) in [7, 11) is 0. The second-order valence-corrected chi connectivity index (χ2v) is 7.09. The van der Waals surface area contributed by atoms with Crippen molar-refractivity contribution in [3.05, 3.63) is 0 Å². The van der Waals surface area contributed by atoms with Crippen LogP contribution in [0.1, 0.15) is 0 Å². The highest BCUT2D eigenvalue weighted by atomic mass is 35.6. The molecule has 0 N–H and O–H groups in total. The third-order valence-electron chi connectivity index (χ3n) is 1.90. The highest BCUT2D eigenvalue weighted by Crippen LogP contribution is 2.63. The van der Waals surface area contributed by atoms with E-state index in [0.29, 0.717) is 0 Å². The van der Waals surface area contributed by atoms with Gasteiger partial charge >= 0.3 is 27.5 Å². The van der Waals surface area contributed by atoms with Crippen molar-refractivity contribution in [3.63, 3.8) is 0 Å². The summed E-state index contributed by atoms with van der Waals surface area (Å²) >= 11 is 25.7. The molecule has 0 aromatic heterocycles. The molecular weight excluding hydrogens is 437 g/mol. The van der Waals surface area contributed by atoms with Crippen LogP contribution in [0.4, 0.5) is 35.1 Å². The van der Waals surface area contributed by atoms with Crippen LogP contribution in [0, 0.1) is 0 Å². The van der Waals surface area contributed by atoms with Crippen LogP contribution < -0.4 is 0 Å². The maximum atomic E-state index is 13.5. The zero-order valence-electron chi connectivity index (χ0n) is 8.29. The van der Waals surface area contributed by atoms with E-state index in [1.54, 1.807) is 0 Å². The molecule has 0 nitrogen and oxygen atoms in total. The van der Waals surface area contributed by atoms with Crippen LogP contribution in [0.2, 0.25) is 0 Å². The molecule has 0 amide bonds. The predicted octanol–water partition coefficient (Wildman–Crippen LogP) is 6.27. The molecule has 0 aliphatic rings. The number of hydrogen-bond acceptors (Lipinski definition) is 0. The van der Waals surface area contributed by atoms with E-state index >= 15 is 0 Å². The van der Waals surface area contributed by atoms with Gasteiger partial charge in [-0.1, -0.05) is 58.0 Å². The van der Waals surface area contributed by atoms with Gasteiger partial charge in [-0.3, -0.25) is 0 Å². The molecule has 14 heteroatoms. The maximum Gasteiger partial charge on any atom is 0.375 e. The first-order valence-corrected chi connectivity index (χ1v) is 6.16. The standard InChI is InChI=1S/C6Cl6F8/c7-1(13,4(17,18)5(9,10)11)3(15,16)2(8,14)6(12,19)20/t1-,2+/m0/s1. The molecule has 0 fully saturated rings. The van der Waals surface area contributed by atoms with Crippen LogP contribution in [0.3, 0.4) is 0 Å². The van der Waals surface area contributed by atoms with E-state index in [0.717, 1.165) is 0 Å². The van der Waals surface area contributed by atoms with E-state index in [9.17, 15) is 35.1 Å². The molecule has 0 aromatic rings. The first-order chi connectivity index (χ1) is 8.25. The first kappa shape index (κ1) is 21.2. The molecular formula is C6Cl6F8. The van der Waals surface area contributed by atoms with Crippen LogP contribution >= 0.6 is 69.6 Å². The fraction of sp³-hybridized carbons (Fsp3) is 1.00. The number of halogens is 14. The molecule has 20 heavy (non-hydrogen) atoms. The van der Waals surface area contributed by atoms with Gasteiger partial charge < -0.3 is 0 Å². The minimum absolute atomic E-state index is 3.89. The Morgan fingerprint density at radius 3 is 0.950 bits per heavy atom. The Balaban J connectivity index is 6.08. The second kappa shape index (κ2) is 5.37. The van der Waals surface area contributed by atoms with Crippen LogP contribution in [-0.2, 0) is 0 Å². The molecule has 0 saturated carbocycles. The highest BCUT2D eigenvalue weighted by molar-refractivity contribution is 6.68. The van der Waals surface area contributed by atoms with E-state index in [1.807, 2.05) is 0 Å². The number of alkyl halides is 14. The largest absolute Gasteiger partial charge is 0.375 e. The van der Waals surface area contributed by atoms with Gasteiger partial charge in [-0.15, -0.1) is 0 Å². The van der Waals surface area contributed by atoms with Gasteiger partial charge in [0.25, 0.3) is 3.79 Å². The quantitative estimate of drug-likeness (QED) is 0.360. The zero-order chi connectivity index (χ0) is 17.0. The van der Waals surface area contributed by atoms with Crippen molar-refractivity contribution < 1.29 is 35.1 Å². The first-order valence-electron chi connectivity index (χ1n) is 3.90. The summed E-state index contributed by atoms with van der Waals surface area (Å²) in [5, 5.41) is -17.5. The molecule has 0 heterocycles. The lowest BCUT2D eigenvalue weighted by Crippen LogP contribution is -2.67. The molecule has 0 bridgehead atoms. The fourth-order valence-corrected chi connectivity index (χ4v) is 1.86. The van der Waals surface area contributed by atoms with Crippen molar-refractivity contribution in [1.82, 2.24) is 0 Å². The van der Waals surface area contributed by atoms with Gasteiger partial charge in [-0.05, 0) is 11.6 Å². The summed E-state index contributed by atoms with van der Waals surface area (Å²) in [6.45, 7) is 0. The molecule has 0 aliphatic carbocycles. The molecule has 2 atom stereocenters. The fourth-order valence-electron chi connectivity index (χ4n) is 0.750. The van der Waals surface area contributed by atoms with Gasteiger partial charge in [-0.2, -0.15) is 26.3 Å². The van der Waals surface area contributed by atoms with Crippen molar-refractivity contribution >= 4 is 69.6 Å². The zero-order valence-corrected chi connectivity index (χ0v) is 12.8. The van der Waals surface area contributed by atoms with E-state index in [1.165, 1.54) is 0 Å². The van der Waals surface area contributed by atoms with Crippen LogP contribution in [0.25, 0.3) is 0 Å². The summed E-state index contributed by atoms with van der Waals surface area (Å²) in [6.07, 6.45) is 0. The van der Waals surface area contributed by atoms with E-state index in [-0.39, 0.29) is 0 Å². The van der Waals surface area contributed by atoms with Gasteiger partial charge in [0.15, 0.2) is 0 Å². The van der Waals surface area contributed by atoms with Gasteiger partial charge in [0, 0.05) is 0 Å². The predicted molar refractivity (Wildman–Crippen MR) is 60.4 cm³/mol. The van der Waals surface area contributed by atoms with E-state index in [2.05, 4.69) is 69.6 Å². The maximum absolute atomic E-state index is 13.5. The lowest BCUT2D eigenvalue weighted by Gasteiger charge is -2.41. The van der Waals surface area contributed by atoms with Crippen LogP contribution in [0.5, 0.6) is 0 Å². The molecule has 0 saturated heterocycles. The van der Waals surface area contributed by atoms with Crippen molar-refractivity contribution in [2.75, 3.05) is 0 Å². The summed E-state index contributed by atoms with van der Waals surface area (Å²) in [4.78, 5) is 0. The van der Waals surface area contributed by atoms with Gasteiger partial charge in [0.2, 0.25) is 0 Å². The van der Waals surface area contributed by atoms with Gasteiger partial charge in [-0.25, -0.2) is 8.78 Å². The Kier molecular flexibility index (Phi) is 5.69. The van der Waals surface area contributed by atoms with Crippen molar-refractivity contribution in [2.45, 2.75) is 31.3 Å². The highest BCUT2D eigenvalue weighted by Gasteiger charge is 2.86. The SMILES string of the molecule is FC(F)(Cl)[C@@](F)(Cl)C(F)(F)[C@@](F)(Cl)C(F)(F)C(Cl)(Cl)Cl. The molecule has 0 radical (unpaired) electrons.